The summed E-state index contributed by atoms with van der Waals surface area (Å²) in [5.41, 5.74) is -0.175. The highest BCUT2D eigenvalue weighted by Gasteiger charge is 2.04. The van der Waals surface area contributed by atoms with Crippen molar-refractivity contribution in [2.75, 3.05) is 5.32 Å². The first-order valence-corrected chi connectivity index (χ1v) is 5.36. The standard InChI is InChI=1S/C10H5N5OS/c11-3-7(4-12)5-13-8-6-14-10-15(9(8)16)1-2-17-10/h1-2,5-6,13H. The molecule has 0 unspecified atom stereocenters. The van der Waals surface area contributed by atoms with E-state index >= 15 is 0 Å². The van der Waals surface area contributed by atoms with Crippen molar-refractivity contribution in [2.45, 2.75) is 0 Å². The van der Waals surface area contributed by atoms with Crippen LogP contribution in [0.15, 0.2) is 34.3 Å². The van der Waals surface area contributed by atoms with Crippen LogP contribution in [-0.2, 0) is 0 Å². The monoisotopic (exact) mass is 243 g/mol. The van der Waals surface area contributed by atoms with E-state index in [1.807, 2.05) is 0 Å². The first kappa shape index (κ1) is 10.9. The van der Waals surface area contributed by atoms with E-state index in [9.17, 15) is 4.79 Å². The number of fused-ring (bicyclic) bond motifs is 1. The normalized spacial score (nSPS) is 9.29. The first-order chi connectivity index (χ1) is 8.26. The zero-order valence-corrected chi connectivity index (χ0v) is 9.23. The van der Waals surface area contributed by atoms with Gasteiger partial charge in [0.1, 0.15) is 23.4 Å². The number of hydrogen-bond donors (Lipinski definition) is 1. The number of nitrogens with one attached hydrogen (secondary N) is 1. The predicted molar refractivity (Wildman–Crippen MR) is 62.3 cm³/mol. The molecule has 0 saturated carbocycles. The van der Waals surface area contributed by atoms with Crippen molar-refractivity contribution in [3.05, 3.63) is 39.9 Å². The Bertz CT molecular complexity index is 711. The zero-order chi connectivity index (χ0) is 12.3. The summed E-state index contributed by atoms with van der Waals surface area (Å²) in [6.07, 6.45) is 4.16. The van der Waals surface area contributed by atoms with Crippen molar-refractivity contribution in [2.24, 2.45) is 0 Å². The molecule has 2 rings (SSSR count). The molecule has 82 valence electrons. The molecule has 0 atom stereocenters. The second kappa shape index (κ2) is 4.47. The molecule has 0 amide bonds. The lowest BCUT2D eigenvalue weighted by atomic mass is 10.3. The highest BCUT2D eigenvalue weighted by Crippen LogP contribution is 2.07. The molecule has 0 fully saturated rings. The number of thiazole rings is 1. The highest BCUT2D eigenvalue weighted by atomic mass is 32.1. The number of aromatic nitrogens is 2. The molecule has 6 nitrogen and oxygen atoms in total. The summed E-state index contributed by atoms with van der Waals surface area (Å²) in [5, 5.41) is 21.4. The maximum atomic E-state index is 11.9. The zero-order valence-electron chi connectivity index (χ0n) is 8.41. The summed E-state index contributed by atoms with van der Waals surface area (Å²) < 4.78 is 1.39. The lowest BCUT2D eigenvalue weighted by molar-refractivity contribution is 1.08. The number of allylic oxidation sites excluding steroid dienone is 1. The van der Waals surface area contributed by atoms with E-state index in [1.54, 1.807) is 23.7 Å². The third-order valence-electron chi connectivity index (χ3n) is 1.96. The average Bonchev–Trinajstić information content (AvgIpc) is 2.82. The Labute approximate surface area is 99.7 Å². The minimum atomic E-state index is -0.275. The van der Waals surface area contributed by atoms with Gasteiger partial charge in [0, 0.05) is 17.8 Å². The third-order valence-corrected chi connectivity index (χ3v) is 2.73. The molecule has 0 bridgehead atoms. The van der Waals surface area contributed by atoms with Crippen LogP contribution in [0.1, 0.15) is 0 Å². The molecule has 0 aliphatic carbocycles. The van der Waals surface area contributed by atoms with Gasteiger partial charge in [-0.05, 0) is 0 Å². The Morgan fingerprint density at radius 1 is 1.53 bits per heavy atom. The number of hydrogen-bond acceptors (Lipinski definition) is 6. The van der Waals surface area contributed by atoms with Gasteiger partial charge in [0.15, 0.2) is 4.96 Å². The fraction of sp³-hybridized carbons (Fsp3) is 0. The Morgan fingerprint density at radius 2 is 2.29 bits per heavy atom. The van der Waals surface area contributed by atoms with E-state index in [1.165, 1.54) is 28.1 Å². The molecular weight excluding hydrogens is 238 g/mol. The van der Waals surface area contributed by atoms with Crippen LogP contribution in [0.2, 0.25) is 0 Å². The van der Waals surface area contributed by atoms with Crippen LogP contribution in [0.4, 0.5) is 5.69 Å². The van der Waals surface area contributed by atoms with Gasteiger partial charge in [-0.15, -0.1) is 11.3 Å². The highest BCUT2D eigenvalue weighted by molar-refractivity contribution is 7.15. The Balaban J connectivity index is 2.42. The summed E-state index contributed by atoms with van der Waals surface area (Å²) in [6, 6.07) is 3.37. The van der Waals surface area contributed by atoms with Crippen LogP contribution in [0.25, 0.3) is 4.96 Å². The van der Waals surface area contributed by atoms with Gasteiger partial charge >= 0.3 is 0 Å². The number of nitriles is 2. The van der Waals surface area contributed by atoms with E-state index in [2.05, 4.69) is 10.3 Å². The van der Waals surface area contributed by atoms with Crippen LogP contribution in [-0.4, -0.2) is 9.38 Å². The second-order valence-corrected chi connectivity index (χ2v) is 3.83. The van der Waals surface area contributed by atoms with Crippen LogP contribution in [0.3, 0.4) is 0 Å². The summed E-state index contributed by atoms with van der Waals surface area (Å²) in [6.45, 7) is 0. The molecule has 2 heterocycles. The molecule has 17 heavy (non-hydrogen) atoms. The number of anilines is 1. The molecule has 0 aliphatic rings. The molecule has 0 aromatic carbocycles. The van der Waals surface area contributed by atoms with E-state index in [0.29, 0.717) is 4.96 Å². The van der Waals surface area contributed by atoms with Gasteiger partial charge in [-0.3, -0.25) is 9.20 Å². The molecule has 2 aromatic rings. The SMILES string of the molecule is N#CC(C#N)=CNc1cnc2sccn2c1=O. The molecule has 0 aliphatic heterocycles. The molecule has 0 spiro atoms. The van der Waals surface area contributed by atoms with E-state index < -0.39 is 0 Å². The number of nitrogens with zero attached hydrogens (tertiary/aromatic N) is 4. The number of rotatable bonds is 2. The predicted octanol–water partition coefficient (Wildman–Crippen LogP) is 1.10. The van der Waals surface area contributed by atoms with Gasteiger partial charge < -0.3 is 5.32 Å². The molecular formula is C10H5N5OS. The van der Waals surface area contributed by atoms with Gasteiger partial charge in [-0.2, -0.15) is 10.5 Å². The van der Waals surface area contributed by atoms with Crippen molar-refractivity contribution < 1.29 is 0 Å². The molecule has 0 radical (unpaired) electrons. The van der Waals surface area contributed by atoms with Gasteiger partial charge in [0.05, 0.1) is 6.20 Å². The van der Waals surface area contributed by atoms with Crippen LogP contribution in [0, 0.1) is 22.7 Å². The third kappa shape index (κ3) is 2.00. The fourth-order valence-corrected chi connectivity index (χ4v) is 1.84. The van der Waals surface area contributed by atoms with Crippen molar-refractivity contribution in [3.63, 3.8) is 0 Å². The summed E-state index contributed by atoms with van der Waals surface area (Å²) in [5.74, 6) is 0. The quantitative estimate of drug-likeness (QED) is 0.797. The van der Waals surface area contributed by atoms with Gasteiger partial charge in [-0.25, -0.2) is 4.98 Å². The van der Waals surface area contributed by atoms with Crippen LogP contribution >= 0.6 is 11.3 Å². The topological polar surface area (TPSA) is 94.0 Å². The molecule has 0 saturated heterocycles. The fourth-order valence-electron chi connectivity index (χ4n) is 1.16. The average molecular weight is 243 g/mol. The molecule has 7 heteroatoms. The molecule has 1 N–H and O–H groups in total. The Kier molecular flexibility index (Phi) is 2.86. The van der Waals surface area contributed by atoms with Gasteiger partial charge in [0.25, 0.3) is 5.56 Å². The summed E-state index contributed by atoms with van der Waals surface area (Å²) >= 11 is 1.35. The van der Waals surface area contributed by atoms with Gasteiger partial charge in [0.2, 0.25) is 0 Å². The maximum Gasteiger partial charge on any atom is 0.282 e. The minimum absolute atomic E-state index is 0.111. The van der Waals surface area contributed by atoms with E-state index in [4.69, 9.17) is 10.5 Å². The van der Waals surface area contributed by atoms with Crippen LogP contribution < -0.4 is 10.9 Å². The smallest absolute Gasteiger partial charge is 0.282 e. The second-order valence-electron chi connectivity index (χ2n) is 2.96. The van der Waals surface area contributed by atoms with E-state index in [-0.39, 0.29) is 16.8 Å². The van der Waals surface area contributed by atoms with Crippen molar-refractivity contribution >= 4 is 22.0 Å². The van der Waals surface area contributed by atoms with Crippen molar-refractivity contribution in [1.29, 1.82) is 10.5 Å². The lowest BCUT2D eigenvalue weighted by Gasteiger charge is -1.99. The lowest BCUT2D eigenvalue weighted by Crippen LogP contribution is -2.16. The Morgan fingerprint density at radius 3 is 3.00 bits per heavy atom. The minimum Gasteiger partial charge on any atom is -0.354 e. The van der Waals surface area contributed by atoms with E-state index in [0.717, 1.165) is 0 Å². The molecule has 2 aromatic heterocycles. The van der Waals surface area contributed by atoms with Crippen LogP contribution in [0.5, 0.6) is 0 Å². The first-order valence-electron chi connectivity index (χ1n) is 4.48. The summed E-state index contributed by atoms with van der Waals surface area (Å²) in [7, 11) is 0. The van der Waals surface area contributed by atoms with Gasteiger partial charge in [-0.1, -0.05) is 0 Å². The van der Waals surface area contributed by atoms with Crippen molar-refractivity contribution in [1.82, 2.24) is 9.38 Å². The largest absolute Gasteiger partial charge is 0.354 e. The Hall–Kier alpha value is -2.64. The van der Waals surface area contributed by atoms with Crippen molar-refractivity contribution in [3.8, 4) is 12.1 Å². The summed E-state index contributed by atoms with van der Waals surface area (Å²) in [4.78, 5) is 16.5. The maximum absolute atomic E-state index is 11.9.